The zero-order chi connectivity index (χ0) is 12.1. The van der Waals surface area contributed by atoms with Crippen LogP contribution in [0, 0.1) is 5.92 Å². The Kier molecular flexibility index (Phi) is 4.17. The molecule has 4 nitrogen and oxygen atoms in total. The Bertz CT molecular complexity index is 373. The van der Waals surface area contributed by atoms with Crippen molar-refractivity contribution < 1.29 is 19.7 Å². The molecule has 1 rings (SSSR count). The third-order valence-electron chi connectivity index (χ3n) is 2.27. The summed E-state index contributed by atoms with van der Waals surface area (Å²) < 4.78 is 4.88. The van der Waals surface area contributed by atoms with Gasteiger partial charge in [-0.1, -0.05) is 13.0 Å². The smallest absolute Gasteiger partial charge is 0.308 e. The highest BCUT2D eigenvalue weighted by atomic mass is 16.5. The third kappa shape index (κ3) is 3.15. The van der Waals surface area contributed by atoms with Crippen molar-refractivity contribution in [2.75, 3.05) is 6.61 Å². The van der Waals surface area contributed by atoms with Gasteiger partial charge in [0.1, 0.15) is 0 Å². The maximum absolute atomic E-state index is 11.4. The van der Waals surface area contributed by atoms with E-state index in [4.69, 9.17) is 9.84 Å². The quantitative estimate of drug-likeness (QED) is 0.605. The van der Waals surface area contributed by atoms with Gasteiger partial charge in [0.05, 0.1) is 12.5 Å². The molecule has 88 valence electrons. The lowest BCUT2D eigenvalue weighted by molar-refractivity contribution is -0.147. The zero-order valence-electron chi connectivity index (χ0n) is 9.43. The Morgan fingerprint density at radius 2 is 2.06 bits per heavy atom. The fourth-order valence-corrected chi connectivity index (χ4v) is 1.42. The van der Waals surface area contributed by atoms with Gasteiger partial charge in [-0.05, 0) is 31.0 Å². The van der Waals surface area contributed by atoms with E-state index in [0.717, 1.165) is 5.56 Å². The van der Waals surface area contributed by atoms with Crippen LogP contribution in [0.5, 0.6) is 11.5 Å². The van der Waals surface area contributed by atoms with Crippen molar-refractivity contribution in [2.24, 2.45) is 5.92 Å². The molecule has 0 aliphatic rings. The minimum absolute atomic E-state index is 0.160. The van der Waals surface area contributed by atoms with Crippen molar-refractivity contribution in [1.29, 1.82) is 0 Å². The second-order valence-corrected chi connectivity index (χ2v) is 3.68. The summed E-state index contributed by atoms with van der Waals surface area (Å²) in [6.07, 6.45) is 0.479. The van der Waals surface area contributed by atoms with Crippen LogP contribution in [-0.4, -0.2) is 22.8 Å². The molecule has 2 N–H and O–H groups in total. The number of ether oxygens (including phenoxy) is 1. The second-order valence-electron chi connectivity index (χ2n) is 3.68. The average Bonchev–Trinajstić information content (AvgIpc) is 2.24. The van der Waals surface area contributed by atoms with Gasteiger partial charge in [0.2, 0.25) is 0 Å². The summed E-state index contributed by atoms with van der Waals surface area (Å²) >= 11 is 0. The van der Waals surface area contributed by atoms with Gasteiger partial charge in [-0.15, -0.1) is 0 Å². The lowest BCUT2D eigenvalue weighted by Gasteiger charge is -2.10. The summed E-state index contributed by atoms with van der Waals surface area (Å²) in [6.45, 7) is 3.89. The molecule has 4 heteroatoms. The van der Waals surface area contributed by atoms with Crippen molar-refractivity contribution >= 4 is 5.97 Å². The average molecular weight is 224 g/mol. The molecule has 0 saturated carbocycles. The van der Waals surface area contributed by atoms with Crippen LogP contribution in [0.4, 0.5) is 0 Å². The van der Waals surface area contributed by atoms with Crippen LogP contribution >= 0.6 is 0 Å². The largest absolute Gasteiger partial charge is 0.504 e. The number of hydrogen-bond donors (Lipinski definition) is 2. The second kappa shape index (κ2) is 5.39. The first-order chi connectivity index (χ1) is 7.54. The standard InChI is InChI=1S/C12H16O4/c1-3-16-12(15)8(2)6-9-4-5-10(13)11(14)7-9/h4-5,7-8,13-14H,3,6H2,1-2H3. The first-order valence-corrected chi connectivity index (χ1v) is 5.22. The highest BCUT2D eigenvalue weighted by Crippen LogP contribution is 2.26. The summed E-state index contributed by atoms with van der Waals surface area (Å²) in [6, 6.07) is 4.53. The third-order valence-corrected chi connectivity index (χ3v) is 2.27. The molecule has 0 bridgehead atoms. The molecule has 0 radical (unpaired) electrons. The summed E-state index contributed by atoms with van der Waals surface area (Å²) in [5.74, 6) is -0.847. The van der Waals surface area contributed by atoms with Crippen molar-refractivity contribution in [2.45, 2.75) is 20.3 Å². The van der Waals surface area contributed by atoms with E-state index in [2.05, 4.69) is 0 Å². The van der Waals surface area contributed by atoms with Crippen molar-refractivity contribution in [3.05, 3.63) is 23.8 Å². The zero-order valence-corrected chi connectivity index (χ0v) is 9.43. The van der Waals surface area contributed by atoms with Gasteiger partial charge in [-0.2, -0.15) is 0 Å². The van der Waals surface area contributed by atoms with Gasteiger partial charge >= 0.3 is 5.97 Å². The van der Waals surface area contributed by atoms with E-state index in [1.54, 1.807) is 19.9 Å². The minimum Gasteiger partial charge on any atom is -0.504 e. The number of hydrogen-bond acceptors (Lipinski definition) is 4. The van der Waals surface area contributed by atoms with Gasteiger partial charge in [0.15, 0.2) is 11.5 Å². The highest BCUT2D eigenvalue weighted by Gasteiger charge is 2.15. The number of esters is 1. The number of carbonyl (C=O) groups is 1. The van der Waals surface area contributed by atoms with Crippen LogP contribution in [0.15, 0.2) is 18.2 Å². The van der Waals surface area contributed by atoms with Gasteiger partial charge in [0, 0.05) is 0 Å². The van der Waals surface area contributed by atoms with Gasteiger partial charge in [-0.3, -0.25) is 4.79 Å². The molecule has 0 aliphatic heterocycles. The molecule has 1 aromatic rings. The van der Waals surface area contributed by atoms with E-state index in [-0.39, 0.29) is 23.4 Å². The van der Waals surface area contributed by atoms with E-state index in [9.17, 15) is 9.90 Å². The maximum Gasteiger partial charge on any atom is 0.308 e. The topological polar surface area (TPSA) is 66.8 Å². The molecule has 0 fully saturated rings. The molecule has 1 atom stereocenters. The fourth-order valence-electron chi connectivity index (χ4n) is 1.42. The monoisotopic (exact) mass is 224 g/mol. The number of aromatic hydroxyl groups is 2. The van der Waals surface area contributed by atoms with Crippen LogP contribution in [0.2, 0.25) is 0 Å². The Labute approximate surface area is 94.5 Å². The molecule has 0 heterocycles. The lowest BCUT2D eigenvalue weighted by atomic mass is 10.0. The molecule has 0 amide bonds. The van der Waals surface area contributed by atoms with Crippen molar-refractivity contribution in [3.63, 3.8) is 0 Å². The number of phenolic OH excluding ortho intramolecular Hbond substituents is 2. The molecule has 1 unspecified atom stereocenters. The minimum atomic E-state index is -0.260. The van der Waals surface area contributed by atoms with Crippen molar-refractivity contribution in [3.8, 4) is 11.5 Å². The van der Waals surface area contributed by atoms with Gasteiger partial charge in [0.25, 0.3) is 0 Å². The molecule has 0 spiro atoms. The Balaban J connectivity index is 2.66. The van der Waals surface area contributed by atoms with E-state index in [1.807, 2.05) is 0 Å². The number of phenols is 2. The predicted octanol–water partition coefficient (Wildman–Crippen LogP) is 1.84. The van der Waals surface area contributed by atoms with Crippen LogP contribution in [0.1, 0.15) is 19.4 Å². The maximum atomic E-state index is 11.4. The molecule has 0 aromatic heterocycles. The summed E-state index contributed by atoms with van der Waals surface area (Å²) in [5.41, 5.74) is 0.788. The van der Waals surface area contributed by atoms with Crippen LogP contribution in [0.25, 0.3) is 0 Å². The van der Waals surface area contributed by atoms with E-state index in [0.29, 0.717) is 13.0 Å². The predicted molar refractivity (Wildman–Crippen MR) is 59.3 cm³/mol. The molecule has 1 aromatic carbocycles. The van der Waals surface area contributed by atoms with Crippen molar-refractivity contribution in [1.82, 2.24) is 0 Å². The van der Waals surface area contributed by atoms with Crippen LogP contribution in [0.3, 0.4) is 0 Å². The lowest BCUT2D eigenvalue weighted by Crippen LogP contribution is -2.16. The van der Waals surface area contributed by atoms with Crippen LogP contribution in [-0.2, 0) is 16.0 Å². The number of carbonyl (C=O) groups excluding carboxylic acids is 1. The summed E-state index contributed by atoms with van der Waals surface area (Å²) in [7, 11) is 0. The first kappa shape index (κ1) is 12.4. The van der Waals surface area contributed by atoms with Gasteiger partial charge < -0.3 is 14.9 Å². The Morgan fingerprint density at radius 3 is 2.62 bits per heavy atom. The number of rotatable bonds is 4. The fraction of sp³-hybridized carbons (Fsp3) is 0.417. The molecule has 0 saturated heterocycles. The number of benzene rings is 1. The first-order valence-electron chi connectivity index (χ1n) is 5.22. The molecule has 0 aliphatic carbocycles. The van der Waals surface area contributed by atoms with Gasteiger partial charge in [-0.25, -0.2) is 0 Å². The van der Waals surface area contributed by atoms with E-state index in [1.165, 1.54) is 12.1 Å². The Hall–Kier alpha value is -1.71. The Morgan fingerprint density at radius 1 is 1.38 bits per heavy atom. The molecular formula is C12H16O4. The normalized spacial score (nSPS) is 12.1. The summed E-state index contributed by atoms with van der Waals surface area (Å²) in [5, 5.41) is 18.4. The molecule has 16 heavy (non-hydrogen) atoms. The SMILES string of the molecule is CCOC(=O)C(C)Cc1ccc(O)c(O)c1. The summed E-state index contributed by atoms with van der Waals surface area (Å²) in [4.78, 5) is 11.4. The van der Waals surface area contributed by atoms with E-state index >= 15 is 0 Å². The van der Waals surface area contributed by atoms with E-state index < -0.39 is 0 Å². The van der Waals surface area contributed by atoms with Crippen LogP contribution < -0.4 is 0 Å². The highest BCUT2D eigenvalue weighted by molar-refractivity contribution is 5.72. The molecular weight excluding hydrogens is 208 g/mol.